The Morgan fingerprint density at radius 3 is 2.07 bits per heavy atom. The van der Waals surface area contributed by atoms with Gasteiger partial charge in [0.25, 0.3) is 5.91 Å². The summed E-state index contributed by atoms with van der Waals surface area (Å²) in [5.41, 5.74) is 1.58. The summed E-state index contributed by atoms with van der Waals surface area (Å²) in [4.78, 5) is 15.1. The average molecular weight is 418 g/mol. The zero-order chi connectivity index (χ0) is 21.4. The first-order valence-corrected chi connectivity index (χ1v) is 11.5. The fourth-order valence-electron chi connectivity index (χ4n) is 3.25. The average Bonchev–Trinajstić information content (AvgIpc) is 2.70. The van der Waals surface area contributed by atoms with Crippen LogP contribution in [0.2, 0.25) is 0 Å². The molecule has 158 valence electrons. The summed E-state index contributed by atoms with van der Waals surface area (Å²) in [6, 6.07) is 16.0. The van der Waals surface area contributed by atoms with Gasteiger partial charge in [-0.3, -0.25) is 9.69 Å². The molecule has 2 N–H and O–H groups in total. The minimum absolute atomic E-state index is 0.0741. The van der Waals surface area contributed by atoms with Gasteiger partial charge in [0.05, 0.1) is 10.9 Å². The molecule has 0 fully saturated rings. The molecule has 29 heavy (non-hydrogen) atoms. The topological polar surface area (TPSA) is 78.5 Å². The van der Waals surface area contributed by atoms with Crippen LogP contribution in [0.1, 0.15) is 49.7 Å². The maximum Gasteiger partial charge on any atom is 0.251 e. The zero-order valence-electron chi connectivity index (χ0n) is 17.6. The fraction of sp³-hybridized carbons (Fsp3) is 0.409. The standard InChI is InChI=1S/C22H31N3O3S/c1-5-25(6-2)21(18-10-8-7-9-11-18)16-23-22(26)19-12-14-20(15-13-19)29(27,28)24-17(3)4/h7-15,17,21,24H,5-6,16H2,1-4H3,(H,23,26). The fourth-order valence-corrected chi connectivity index (χ4v) is 4.50. The molecular formula is C22H31N3O3S. The third-order valence-corrected chi connectivity index (χ3v) is 6.39. The predicted octanol–water partition coefficient (Wildman–Crippen LogP) is 3.19. The number of sulfonamides is 1. The molecule has 0 spiro atoms. The molecule has 0 radical (unpaired) electrons. The second-order valence-electron chi connectivity index (χ2n) is 7.16. The summed E-state index contributed by atoms with van der Waals surface area (Å²) in [7, 11) is -3.57. The van der Waals surface area contributed by atoms with Gasteiger partial charge >= 0.3 is 0 Å². The van der Waals surface area contributed by atoms with Crippen LogP contribution in [0.3, 0.4) is 0 Å². The van der Waals surface area contributed by atoms with Crippen LogP contribution in [0, 0.1) is 0 Å². The highest BCUT2D eigenvalue weighted by atomic mass is 32.2. The van der Waals surface area contributed by atoms with Gasteiger partial charge in [-0.25, -0.2) is 13.1 Å². The Labute approximate surface area is 174 Å². The van der Waals surface area contributed by atoms with E-state index in [2.05, 4.69) is 40.9 Å². The second kappa shape index (κ2) is 10.5. The van der Waals surface area contributed by atoms with Gasteiger partial charge < -0.3 is 5.32 Å². The maximum absolute atomic E-state index is 12.6. The second-order valence-corrected chi connectivity index (χ2v) is 8.87. The van der Waals surface area contributed by atoms with Gasteiger partial charge in [-0.2, -0.15) is 0 Å². The molecular weight excluding hydrogens is 386 g/mol. The van der Waals surface area contributed by atoms with Gasteiger partial charge in [0.1, 0.15) is 0 Å². The van der Waals surface area contributed by atoms with Gasteiger partial charge in [-0.1, -0.05) is 44.2 Å². The molecule has 2 aromatic rings. The predicted molar refractivity (Wildman–Crippen MR) is 116 cm³/mol. The summed E-state index contributed by atoms with van der Waals surface area (Å²) >= 11 is 0. The minimum Gasteiger partial charge on any atom is -0.350 e. The first kappa shape index (κ1) is 23.1. The lowest BCUT2D eigenvalue weighted by Gasteiger charge is -2.30. The van der Waals surface area contributed by atoms with Crippen molar-refractivity contribution in [3.05, 3.63) is 65.7 Å². The highest BCUT2D eigenvalue weighted by Gasteiger charge is 2.20. The number of nitrogens with zero attached hydrogens (tertiary/aromatic N) is 1. The third kappa shape index (κ3) is 6.39. The van der Waals surface area contributed by atoms with Crippen LogP contribution in [0.25, 0.3) is 0 Å². The molecule has 0 saturated carbocycles. The molecule has 0 bridgehead atoms. The normalized spacial score (nSPS) is 12.9. The van der Waals surface area contributed by atoms with Gasteiger partial charge in [0.15, 0.2) is 0 Å². The van der Waals surface area contributed by atoms with E-state index in [1.165, 1.54) is 12.1 Å². The van der Waals surface area contributed by atoms with Crippen molar-refractivity contribution >= 4 is 15.9 Å². The van der Waals surface area contributed by atoms with Gasteiger partial charge in [0, 0.05) is 18.2 Å². The molecule has 0 aromatic heterocycles. The first-order chi connectivity index (χ1) is 13.8. The molecule has 1 unspecified atom stereocenters. The summed E-state index contributed by atoms with van der Waals surface area (Å²) < 4.78 is 27.0. The maximum atomic E-state index is 12.6. The van der Waals surface area contributed by atoms with Crippen LogP contribution in [-0.4, -0.2) is 44.9 Å². The Kier molecular flexibility index (Phi) is 8.37. The molecule has 2 aromatic carbocycles. The number of carbonyl (C=O) groups is 1. The van der Waals surface area contributed by atoms with Crippen molar-refractivity contribution in [1.29, 1.82) is 0 Å². The number of hydrogen-bond acceptors (Lipinski definition) is 4. The van der Waals surface area contributed by atoms with Crippen molar-refractivity contribution in [2.75, 3.05) is 19.6 Å². The number of benzene rings is 2. The molecule has 7 heteroatoms. The first-order valence-electron chi connectivity index (χ1n) is 9.98. The van der Waals surface area contributed by atoms with Crippen molar-refractivity contribution < 1.29 is 13.2 Å². The number of nitrogens with one attached hydrogen (secondary N) is 2. The van der Waals surface area contributed by atoms with E-state index in [4.69, 9.17) is 0 Å². The van der Waals surface area contributed by atoms with Crippen LogP contribution >= 0.6 is 0 Å². The molecule has 0 aliphatic heterocycles. The van der Waals surface area contributed by atoms with E-state index >= 15 is 0 Å². The molecule has 0 aliphatic rings. The van der Waals surface area contributed by atoms with Crippen molar-refractivity contribution in [3.63, 3.8) is 0 Å². The summed E-state index contributed by atoms with van der Waals surface area (Å²) in [5, 5.41) is 2.99. The summed E-state index contributed by atoms with van der Waals surface area (Å²) in [6.07, 6.45) is 0. The Balaban J connectivity index is 2.10. The van der Waals surface area contributed by atoms with Crippen molar-refractivity contribution in [1.82, 2.24) is 14.9 Å². The van der Waals surface area contributed by atoms with E-state index in [9.17, 15) is 13.2 Å². The van der Waals surface area contributed by atoms with Crippen molar-refractivity contribution in [2.45, 2.75) is 44.7 Å². The Morgan fingerprint density at radius 2 is 1.55 bits per heavy atom. The van der Waals surface area contributed by atoms with E-state index in [1.807, 2.05) is 18.2 Å². The number of amides is 1. The molecule has 0 heterocycles. The minimum atomic E-state index is -3.57. The number of likely N-dealkylation sites (N-methyl/N-ethyl adjacent to an activating group) is 1. The zero-order valence-corrected chi connectivity index (χ0v) is 18.4. The molecule has 6 nitrogen and oxygen atoms in total. The van der Waals surface area contributed by atoms with Crippen LogP contribution in [0.5, 0.6) is 0 Å². The van der Waals surface area contributed by atoms with Crippen LogP contribution in [0.15, 0.2) is 59.5 Å². The lowest BCUT2D eigenvalue weighted by atomic mass is 10.0. The lowest BCUT2D eigenvalue weighted by molar-refractivity contribution is 0.0935. The van der Waals surface area contributed by atoms with E-state index in [0.29, 0.717) is 12.1 Å². The largest absolute Gasteiger partial charge is 0.350 e. The molecule has 1 amide bonds. The SMILES string of the molecule is CCN(CC)C(CNC(=O)c1ccc(S(=O)(=O)NC(C)C)cc1)c1ccccc1. The number of rotatable bonds is 10. The quantitative estimate of drug-likeness (QED) is 0.622. The lowest BCUT2D eigenvalue weighted by Crippen LogP contribution is -2.38. The van der Waals surface area contributed by atoms with Gasteiger partial charge in [0.2, 0.25) is 10.0 Å². The van der Waals surface area contributed by atoms with Crippen molar-refractivity contribution in [2.24, 2.45) is 0 Å². The molecule has 0 saturated heterocycles. The summed E-state index contributed by atoms with van der Waals surface area (Å²) in [5.74, 6) is -0.223. The number of carbonyl (C=O) groups excluding carboxylic acids is 1. The number of hydrogen-bond donors (Lipinski definition) is 2. The van der Waals surface area contributed by atoms with Crippen molar-refractivity contribution in [3.8, 4) is 0 Å². The summed E-state index contributed by atoms with van der Waals surface area (Å²) in [6.45, 7) is 9.95. The van der Waals surface area contributed by atoms with E-state index in [-0.39, 0.29) is 22.9 Å². The van der Waals surface area contributed by atoms with Crippen LogP contribution < -0.4 is 10.0 Å². The van der Waals surface area contributed by atoms with Crippen LogP contribution in [0.4, 0.5) is 0 Å². The highest BCUT2D eigenvalue weighted by molar-refractivity contribution is 7.89. The van der Waals surface area contributed by atoms with Gasteiger partial charge in [-0.05, 0) is 56.8 Å². The smallest absolute Gasteiger partial charge is 0.251 e. The molecule has 2 rings (SSSR count). The van der Waals surface area contributed by atoms with E-state index < -0.39 is 10.0 Å². The van der Waals surface area contributed by atoms with E-state index in [1.54, 1.807) is 26.0 Å². The third-order valence-electron chi connectivity index (χ3n) is 4.71. The van der Waals surface area contributed by atoms with Crippen LogP contribution in [-0.2, 0) is 10.0 Å². The molecule has 1 atom stereocenters. The van der Waals surface area contributed by atoms with E-state index in [0.717, 1.165) is 18.7 Å². The Morgan fingerprint density at radius 1 is 0.966 bits per heavy atom. The molecule has 0 aliphatic carbocycles. The highest BCUT2D eigenvalue weighted by Crippen LogP contribution is 2.20. The Hall–Kier alpha value is -2.22. The van der Waals surface area contributed by atoms with Gasteiger partial charge in [-0.15, -0.1) is 0 Å². The monoisotopic (exact) mass is 417 g/mol. The Bertz CT molecular complexity index is 877.